The lowest BCUT2D eigenvalue weighted by atomic mass is 10.1. The fourth-order valence-corrected chi connectivity index (χ4v) is 2.33. The van der Waals surface area contributed by atoms with Gasteiger partial charge in [0.1, 0.15) is 18.9 Å². The molecule has 27 heavy (non-hydrogen) atoms. The van der Waals surface area contributed by atoms with E-state index in [1.165, 1.54) is 13.3 Å². The number of hydrazone groups is 1. The van der Waals surface area contributed by atoms with E-state index in [9.17, 15) is 14.4 Å². The molecule has 0 bridgehead atoms. The minimum atomic E-state index is -0.533. The van der Waals surface area contributed by atoms with Crippen LogP contribution >= 0.6 is 0 Å². The molecule has 1 fully saturated rings. The number of imide groups is 1. The van der Waals surface area contributed by atoms with Crippen LogP contribution in [0.2, 0.25) is 0 Å². The second-order valence-corrected chi connectivity index (χ2v) is 5.70. The van der Waals surface area contributed by atoms with Gasteiger partial charge >= 0.3 is 12.0 Å². The number of hydrogen-bond donors (Lipinski definition) is 1. The first-order valence-electron chi connectivity index (χ1n) is 8.10. The van der Waals surface area contributed by atoms with Crippen molar-refractivity contribution in [1.29, 1.82) is 0 Å². The molecule has 1 saturated heterocycles. The van der Waals surface area contributed by atoms with E-state index in [1.807, 2.05) is 0 Å². The molecule has 0 aliphatic carbocycles. The number of ether oxygens (including phenoxy) is 2. The van der Waals surface area contributed by atoms with Crippen molar-refractivity contribution in [3.8, 4) is 5.75 Å². The highest BCUT2D eigenvalue weighted by Gasteiger charge is 2.25. The number of hydrogen-bond acceptors (Lipinski definition) is 6. The van der Waals surface area contributed by atoms with E-state index in [2.05, 4.69) is 15.2 Å². The number of nitrogens with zero attached hydrogens (tertiary/aromatic N) is 2. The second-order valence-electron chi connectivity index (χ2n) is 5.70. The van der Waals surface area contributed by atoms with E-state index in [1.54, 1.807) is 48.5 Å². The van der Waals surface area contributed by atoms with E-state index in [-0.39, 0.29) is 18.4 Å². The second kappa shape index (κ2) is 8.13. The molecule has 1 N–H and O–H groups in total. The highest BCUT2D eigenvalue weighted by Crippen LogP contribution is 2.14. The molecule has 2 aromatic rings. The van der Waals surface area contributed by atoms with Crippen molar-refractivity contribution < 1.29 is 23.9 Å². The molecule has 0 aromatic heterocycles. The zero-order chi connectivity index (χ0) is 19.2. The van der Waals surface area contributed by atoms with Gasteiger partial charge in [0, 0.05) is 0 Å². The molecular weight excluding hydrogens is 350 g/mol. The number of nitrogens with one attached hydrogen (secondary N) is 1. The summed E-state index contributed by atoms with van der Waals surface area (Å²) in [6.45, 7) is 0.274. The number of amides is 3. The van der Waals surface area contributed by atoms with Gasteiger partial charge in [-0.1, -0.05) is 12.1 Å². The molecule has 0 radical (unpaired) electrons. The summed E-state index contributed by atoms with van der Waals surface area (Å²) in [5.74, 6) is -0.0886. The van der Waals surface area contributed by atoms with Crippen molar-refractivity contribution in [2.45, 2.75) is 6.61 Å². The first-order valence-corrected chi connectivity index (χ1v) is 8.10. The average molecular weight is 367 g/mol. The van der Waals surface area contributed by atoms with Crippen molar-refractivity contribution >= 4 is 24.1 Å². The molecule has 0 unspecified atom stereocenters. The highest BCUT2D eigenvalue weighted by atomic mass is 16.5. The van der Waals surface area contributed by atoms with Gasteiger partial charge in [0.2, 0.25) is 5.91 Å². The number of rotatable bonds is 6. The first-order chi connectivity index (χ1) is 13.0. The minimum Gasteiger partial charge on any atom is -0.489 e. The fourth-order valence-electron chi connectivity index (χ4n) is 2.33. The molecule has 8 nitrogen and oxygen atoms in total. The van der Waals surface area contributed by atoms with Crippen LogP contribution in [0.25, 0.3) is 0 Å². The number of benzene rings is 2. The van der Waals surface area contributed by atoms with Crippen LogP contribution in [-0.4, -0.2) is 42.8 Å². The van der Waals surface area contributed by atoms with Gasteiger partial charge in [0.05, 0.1) is 18.9 Å². The Labute approximate surface area is 155 Å². The average Bonchev–Trinajstić information content (AvgIpc) is 3.02. The summed E-state index contributed by atoms with van der Waals surface area (Å²) in [5.41, 5.74) is 2.16. The highest BCUT2D eigenvalue weighted by molar-refractivity contribution is 6.02. The number of urea groups is 1. The summed E-state index contributed by atoms with van der Waals surface area (Å²) in [4.78, 5) is 33.9. The summed E-state index contributed by atoms with van der Waals surface area (Å²) >= 11 is 0. The van der Waals surface area contributed by atoms with Gasteiger partial charge in [-0.25, -0.2) is 14.6 Å². The Balaban J connectivity index is 1.54. The van der Waals surface area contributed by atoms with Crippen LogP contribution in [0, 0.1) is 0 Å². The summed E-state index contributed by atoms with van der Waals surface area (Å²) in [7, 11) is 1.34. The Morgan fingerprint density at radius 2 is 1.85 bits per heavy atom. The predicted octanol–water partition coefficient (Wildman–Crippen LogP) is 1.94. The van der Waals surface area contributed by atoms with E-state index in [4.69, 9.17) is 4.74 Å². The van der Waals surface area contributed by atoms with Crippen molar-refractivity contribution in [2.24, 2.45) is 5.10 Å². The third kappa shape index (κ3) is 4.69. The topological polar surface area (TPSA) is 97.3 Å². The maximum absolute atomic E-state index is 11.4. The molecule has 1 aliphatic heterocycles. The number of esters is 1. The largest absolute Gasteiger partial charge is 0.489 e. The van der Waals surface area contributed by atoms with Crippen molar-refractivity contribution in [3.63, 3.8) is 0 Å². The standard InChI is InChI=1S/C19H17N3O5/c1-26-18(24)15-6-2-14(3-7-15)12-27-16-8-4-13(5-9-16)10-20-22-11-17(23)21-19(22)25/h2-10H,11-12H2,1H3,(H,21,23,25)/b20-10-. The number of carbonyl (C=O) groups is 3. The van der Waals surface area contributed by atoms with E-state index >= 15 is 0 Å². The summed E-state index contributed by atoms with van der Waals surface area (Å²) in [6.07, 6.45) is 1.49. The van der Waals surface area contributed by atoms with Gasteiger partial charge in [-0.3, -0.25) is 10.1 Å². The van der Waals surface area contributed by atoms with Crippen molar-refractivity contribution in [3.05, 3.63) is 65.2 Å². The molecule has 1 heterocycles. The lowest BCUT2D eigenvalue weighted by Crippen LogP contribution is -2.24. The van der Waals surface area contributed by atoms with Crippen LogP contribution in [0.4, 0.5) is 4.79 Å². The van der Waals surface area contributed by atoms with Gasteiger partial charge in [0.15, 0.2) is 0 Å². The molecule has 138 valence electrons. The van der Waals surface area contributed by atoms with Crippen LogP contribution in [0.5, 0.6) is 5.75 Å². The predicted molar refractivity (Wildman–Crippen MR) is 96.4 cm³/mol. The van der Waals surface area contributed by atoms with Gasteiger partial charge in [-0.2, -0.15) is 5.10 Å². The van der Waals surface area contributed by atoms with Gasteiger partial charge in [0.25, 0.3) is 0 Å². The van der Waals surface area contributed by atoms with Crippen LogP contribution in [0.3, 0.4) is 0 Å². The first kappa shape index (κ1) is 18.1. The zero-order valence-electron chi connectivity index (χ0n) is 14.5. The van der Waals surface area contributed by atoms with Crippen LogP contribution in [0.15, 0.2) is 53.6 Å². The SMILES string of the molecule is COC(=O)c1ccc(COc2ccc(/C=N\N3CC(=O)NC3=O)cc2)cc1. The molecule has 0 atom stereocenters. The van der Waals surface area contributed by atoms with Crippen LogP contribution in [-0.2, 0) is 16.1 Å². The molecular formula is C19H17N3O5. The summed E-state index contributed by atoms with van der Waals surface area (Å²) in [5, 5.41) is 7.18. The summed E-state index contributed by atoms with van der Waals surface area (Å²) < 4.78 is 10.4. The van der Waals surface area contributed by atoms with Gasteiger partial charge in [-0.15, -0.1) is 0 Å². The zero-order valence-corrected chi connectivity index (χ0v) is 14.5. The van der Waals surface area contributed by atoms with E-state index < -0.39 is 6.03 Å². The van der Waals surface area contributed by atoms with Crippen molar-refractivity contribution in [2.75, 3.05) is 13.7 Å². The molecule has 3 rings (SSSR count). The molecule has 1 aliphatic rings. The van der Waals surface area contributed by atoms with Crippen molar-refractivity contribution in [1.82, 2.24) is 10.3 Å². The number of carbonyl (C=O) groups excluding carboxylic acids is 3. The normalized spacial score (nSPS) is 13.7. The maximum atomic E-state index is 11.4. The quantitative estimate of drug-likeness (QED) is 0.478. The monoisotopic (exact) mass is 367 g/mol. The Morgan fingerprint density at radius 1 is 1.15 bits per heavy atom. The molecule has 0 saturated carbocycles. The Kier molecular flexibility index (Phi) is 5.46. The lowest BCUT2D eigenvalue weighted by molar-refractivity contribution is -0.118. The lowest BCUT2D eigenvalue weighted by Gasteiger charge is -2.08. The Morgan fingerprint density at radius 3 is 2.44 bits per heavy atom. The molecule has 2 aromatic carbocycles. The summed E-state index contributed by atoms with van der Waals surface area (Å²) in [6, 6.07) is 13.6. The Hall–Kier alpha value is -3.68. The third-order valence-electron chi connectivity index (χ3n) is 3.78. The van der Waals surface area contributed by atoms with E-state index in [0.29, 0.717) is 17.9 Å². The van der Waals surface area contributed by atoms with E-state index in [0.717, 1.165) is 16.1 Å². The van der Waals surface area contributed by atoms with Gasteiger partial charge < -0.3 is 9.47 Å². The smallest absolute Gasteiger partial charge is 0.344 e. The third-order valence-corrected chi connectivity index (χ3v) is 3.78. The fraction of sp³-hybridized carbons (Fsp3) is 0.158. The minimum absolute atomic E-state index is 0.0781. The molecule has 0 spiro atoms. The Bertz CT molecular complexity index is 875. The van der Waals surface area contributed by atoms with Crippen LogP contribution < -0.4 is 10.1 Å². The maximum Gasteiger partial charge on any atom is 0.344 e. The molecule has 8 heteroatoms. The number of methoxy groups -OCH3 is 1. The van der Waals surface area contributed by atoms with Gasteiger partial charge in [-0.05, 0) is 47.5 Å². The molecule has 3 amide bonds. The van der Waals surface area contributed by atoms with Crippen LogP contribution in [0.1, 0.15) is 21.5 Å².